The lowest BCUT2D eigenvalue weighted by Gasteiger charge is -2.13. The number of aryl methyl sites for hydroxylation is 2. The molecular formula is C11H15N3O2S. The van der Waals surface area contributed by atoms with Crippen molar-refractivity contribution < 1.29 is 9.59 Å². The number of hydrogen-bond acceptors (Lipinski definition) is 4. The Bertz CT molecular complexity index is 481. The molecule has 2 rings (SSSR count). The second kappa shape index (κ2) is 4.10. The van der Waals surface area contributed by atoms with Crippen LogP contribution in [0.15, 0.2) is 0 Å². The minimum absolute atomic E-state index is 0.0887. The number of rotatable bonds is 2. The molecule has 0 unspecified atom stereocenters. The Labute approximate surface area is 104 Å². The van der Waals surface area contributed by atoms with Gasteiger partial charge in [0, 0.05) is 0 Å². The molecule has 1 aromatic heterocycles. The SMILES string of the molecule is Cc1nc(C)c(N2C(=O)N[C@H](C(C)C)C2=O)s1. The summed E-state index contributed by atoms with van der Waals surface area (Å²) >= 11 is 1.37. The normalized spacial score (nSPS) is 20.3. The fourth-order valence-corrected chi connectivity index (χ4v) is 2.79. The fraction of sp³-hybridized carbons (Fsp3) is 0.545. The van der Waals surface area contributed by atoms with E-state index >= 15 is 0 Å². The highest BCUT2D eigenvalue weighted by Crippen LogP contribution is 2.31. The first-order chi connectivity index (χ1) is 7.91. The predicted octanol–water partition coefficient (Wildman–Crippen LogP) is 1.84. The first-order valence-corrected chi connectivity index (χ1v) is 6.32. The molecule has 1 aliphatic rings. The Balaban J connectivity index is 2.37. The summed E-state index contributed by atoms with van der Waals surface area (Å²) in [5, 5.41) is 4.19. The highest BCUT2D eigenvalue weighted by atomic mass is 32.1. The number of thiazole rings is 1. The monoisotopic (exact) mass is 253 g/mol. The van der Waals surface area contributed by atoms with Gasteiger partial charge in [-0.2, -0.15) is 0 Å². The number of nitrogens with one attached hydrogen (secondary N) is 1. The van der Waals surface area contributed by atoms with Gasteiger partial charge in [-0.25, -0.2) is 14.7 Å². The summed E-state index contributed by atoms with van der Waals surface area (Å²) in [6.07, 6.45) is 0. The molecule has 3 amide bonds. The van der Waals surface area contributed by atoms with Gasteiger partial charge in [-0.3, -0.25) is 4.79 Å². The van der Waals surface area contributed by atoms with E-state index in [1.54, 1.807) is 0 Å². The second-order valence-electron chi connectivity index (χ2n) is 4.47. The smallest absolute Gasteiger partial charge is 0.325 e. The first kappa shape index (κ1) is 12.0. The first-order valence-electron chi connectivity index (χ1n) is 5.50. The number of imide groups is 1. The Hall–Kier alpha value is -1.43. The summed E-state index contributed by atoms with van der Waals surface area (Å²) in [7, 11) is 0. The minimum atomic E-state index is -0.427. The third-order valence-electron chi connectivity index (χ3n) is 2.72. The van der Waals surface area contributed by atoms with Crippen LogP contribution >= 0.6 is 11.3 Å². The van der Waals surface area contributed by atoms with E-state index in [4.69, 9.17) is 0 Å². The number of aromatic nitrogens is 1. The topological polar surface area (TPSA) is 62.3 Å². The standard InChI is InChI=1S/C11H15N3O2S/c1-5(2)8-9(15)14(11(16)13-8)10-6(3)12-7(4)17-10/h5,8H,1-4H3,(H,13,16)/t8-/m1/s1. The minimum Gasteiger partial charge on any atom is -0.325 e. The highest BCUT2D eigenvalue weighted by molar-refractivity contribution is 7.16. The van der Waals surface area contributed by atoms with Crippen molar-refractivity contribution in [3.8, 4) is 0 Å². The maximum Gasteiger partial charge on any atom is 0.330 e. The maximum absolute atomic E-state index is 12.1. The van der Waals surface area contributed by atoms with Gasteiger partial charge in [0.25, 0.3) is 5.91 Å². The molecule has 1 saturated heterocycles. The van der Waals surface area contributed by atoms with Crippen LogP contribution in [0.5, 0.6) is 0 Å². The van der Waals surface area contributed by atoms with Crippen LogP contribution in [-0.2, 0) is 4.79 Å². The molecule has 1 aliphatic heterocycles. The number of carbonyl (C=O) groups is 2. The molecule has 1 fully saturated rings. The van der Waals surface area contributed by atoms with E-state index in [-0.39, 0.29) is 17.9 Å². The molecule has 92 valence electrons. The zero-order chi connectivity index (χ0) is 12.7. The molecule has 0 spiro atoms. The van der Waals surface area contributed by atoms with Crippen molar-refractivity contribution in [2.24, 2.45) is 5.92 Å². The maximum atomic E-state index is 12.1. The van der Waals surface area contributed by atoms with Gasteiger partial charge < -0.3 is 5.32 Å². The molecule has 0 bridgehead atoms. The lowest BCUT2D eigenvalue weighted by Crippen LogP contribution is -2.34. The lowest BCUT2D eigenvalue weighted by molar-refractivity contribution is -0.119. The molecule has 1 N–H and O–H groups in total. The number of hydrogen-bond donors (Lipinski definition) is 1. The Morgan fingerprint density at radius 2 is 2.00 bits per heavy atom. The quantitative estimate of drug-likeness (QED) is 0.818. The summed E-state index contributed by atoms with van der Waals surface area (Å²) < 4.78 is 0. The Kier molecular flexibility index (Phi) is 2.91. The van der Waals surface area contributed by atoms with Crippen LogP contribution in [0, 0.1) is 19.8 Å². The number of nitrogens with zero attached hydrogens (tertiary/aromatic N) is 2. The average molecular weight is 253 g/mol. The van der Waals surface area contributed by atoms with Crippen LogP contribution in [-0.4, -0.2) is 23.0 Å². The van der Waals surface area contributed by atoms with Crippen molar-refractivity contribution in [3.05, 3.63) is 10.7 Å². The fourth-order valence-electron chi connectivity index (χ4n) is 1.87. The number of amides is 3. The molecule has 0 aromatic carbocycles. The summed E-state index contributed by atoms with van der Waals surface area (Å²) in [4.78, 5) is 29.4. The molecule has 5 nitrogen and oxygen atoms in total. The van der Waals surface area contributed by atoms with Crippen LogP contribution in [0.1, 0.15) is 24.5 Å². The summed E-state index contributed by atoms with van der Waals surface area (Å²) in [6.45, 7) is 7.50. The van der Waals surface area contributed by atoms with Crippen LogP contribution < -0.4 is 10.2 Å². The van der Waals surface area contributed by atoms with E-state index in [2.05, 4.69) is 10.3 Å². The van der Waals surface area contributed by atoms with E-state index in [0.717, 1.165) is 10.7 Å². The molecule has 1 atom stereocenters. The van der Waals surface area contributed by atoms with Crippen LogP contribution in [0.2, 0.25) is 0 Å². The van der Waals surface area contributed by atoms with Gasteiger partial charge in [-0.1, -0.05) is 13.8 Å². The number of anilines is 1. The zero-order valence-electron chi connectivity index (χ0n) is 10.3. The molecule has 6 heteroatoms. The van der Waals surface area contributed by atoms with Gasteiger partial charge in [0.2, 0.25) is 0 Å². The second-order valence-corrected chi connectivity index (χ2v) is 5.65. The Morgan fingerprint density at radius 3 is 2.41 bits per heavy atom. The van der Waals surface area contributed by atoms with Gasteiger partial charge in [0.15, 0.2) is 0 Å². The van der Waals surface area contributed by atoms with E-state index in [0.29, 0.717) is 5.00 Å². The van der Waals surface area contributed by atoms with Crippen LogP contribution in [0.3, 0.4) is 0 Å². The molecule has 0 aliphatic carbocycles. The van der Waals surface area contributed by atoms with E-state index in [9.17, 15) is 9.59 Å². The summed E-state index contributed by atoms with van der Waals surface area (Å²) in [5.74, 6) is -0.0949. The van der Waals surface area contributed by atoms with E-state index in [1.807, 2.05) is 27.7 Å². The van der Waals surface area contributed by atoms with Crippen molar-refractivity contribution in [1.82, 2.24) is 10.3 Å². The van der Waals surface area contributed by atoms with Crippen molar-refractivity contribution in [1.29, 1.82) is 0 Å². The van der Waals surface area contributed by atoms with E-state index < -0.39 is 6.04 Å². The van der Waals surface area contributed by atoms with Crippen LogP contribution in [0.25, 0.3) is 0 Å². The van der Waals surface area contributed by atoms with E-state index in [1.165, 1.54) is 16.2 Å². The molecular weight excluding hydrogens is 238 g/mol. The van der Waals surface area contributed by atoms with Crippen molar-refractivity contribution in [2.45, 2.75) is 33.7 Å². The molecule has 17 heavy (non-hydrogen) atoms. The Morgan fingerprint density at radius 1 is 1.35 bits per heavy atom. The largest absolute Gasteiger partial charge is 0.330 e. The summed E-state index contributed by atoms with van der Waals surface area (Å²) in [6, 6.07) is -0.773. The molecule has 1 aromatic rings. The average Bonchev–Trinajstić information content (AvgIpc) is 2.67. The lowest BCUT2D eigenvalue weighted by atomic mass is 10.1. The van der Waals surface area contributed by atoms with Gasteiger partial charge in [0.05, 0.1) is 10.7 Å². The third kappa shape index (κ3) is 1.93. The number of carbonyl (C=O) groups excluding carboxylic acids is 2. The zero-order valence-corrected chi connectivity index (χ0v) is 11.1. The molecule has 0 radical (unpaired) electrons. The predicted molar refractivity (Wildman–Crippen MR) is 66.2 cm³/mol. The third-order valence-corrected chi connectivity index (χ3v) is 3.78. The number of urea groups is 1. The summed E-state index contributed by atoms with van der Waals surface area (Å²) in [5.41, 5.74) is 0.723. The van der Waals surface area contributed by atoms with Gasteiger partial charge >= 0.3 is 6.03 Å². The van der Waals surface area contributed by atoms with Gasteiger partial charge in [0.1, 0.15) is 11.0 Å². The van der Waals surface area contributed by atoms with Crippen molar-refractivity contribution >= 4 is 28.3 Å². The van der Waals surface area contributed by atoms with Crippen LogP contribution in [0.4, 0.5) is 9.80 Å². The molecule has 2 heterocycles. The van der Waals surface area contributed by atoms with Crippen molar-refractivity contribution in [2.75, 3.05) is 4.90 Å². The van der Waals surface area contributed by atoms with Gasteiger partial charge in [-0.15, -0.1) is 11.3 Å². The van der Waals surface area contributed by atoms with Gasteiger partial charge in [-0.05, 0) is 19.8 Å². The molecule has 0 saturated carbocycles. The highest BCUT2D eigenvalue weighted by Gasteiger charge is 2.41. The van der Waals surface area contributed by atoms with Crippen molar-refractivity contribution in [3.63, 3.8) is 0 Å².